The molecule has 8 heteroatoms. The van der Waals surface area contributed by atoms with Crippen LogP contribution >= 0.6 is 11.6 Å². The van der Waals surface area contributed by atoms with Gasteiger partial charge < -0.3 is 14.8 Å². The van der Waals surface area contributed by atoms with E-state index in [1.165, 1.54) is 19.4 Å². The predicted octanol–water partition coefficient (Wildman–Crippen LogP) is 3.00. The molecule has 0 saturated carbocycles. The number of hydrogen-bond donors (Lipinski definition) is 2. The van der Waals surface area contributed by atoms with Crippen LogP contribution in [0.1, 0.15) is 5.56 Å². The first-order chi connectivity index (χ1) is 13.0. The third-order valence-electron chi connectivity index (χ3n) is 3.21. The van der Waals surface area contributed by atoms with Crippen molar-refractivity contribution < 1.29 is 19.1 Å². The molecule has 2 aromatic carbocycles. The van der Waals surface area contributed by atoms with Crippen LogP contribution in [0, 0.1) is 0 Å². The molecule has 27 heavy (non-hydrogen) atoms. The van der Waals surface area contributed by atoms with Crippen LogP contribution in [0.15, 0.2) is 60.2 Å². The lowest BCUT2D eigenvalue weighted by Crippen LogP contribution is -2.32. The van der Waals surface area contributed by atoms with E-state index in [0.717, 1.165) is 0 Å². The van der Waals surface area contributed by atoms with E-state index in [9.17, 15) is 9.59 Å². The van der Waals surface area contributed by atoms with Gasteiger partial charge in [0.25, 0.3) is 0 Å². The van der Waals surface area contributed by atoms with Gasteiger partial charge in [-0.3, -0.25) is 9.59 Å². The van der Waals surface area contributed by atoms with E-state index in [0.29, 0.717) is 34.4 Å². The predicted molar refractivity (Wildman–Crippen MR) is 105 cm³/mol. The fourth-order valence-corrected chi connectivity index (χ4v) is 2.19. The largest absolute Gasteiger partial charge is 0.493 e. The number of anilines is 1. The van der Waals surface area contributed by atoms with Crippen molar-refractivity contribution in [2.75, 3.05) is 19.0 Å². The second-order valence-electron chi connectivity index (χ2n) is 5.17. The van der Waals surface area contributed by atoms with Gasteiger partial charge in [-0.1, -0.05) is 30.3 Å². The van der Waals surface area contributed by atoms with Crippen molar-refractivity contribution in [1.29, 1.82) is 0 Å². The number of carbonyl (C=O) groups is 2. The van der Waals surface area contributed by atoms with Crippen LogP contribution in [0.5, 0.6) is 11.5 Å². The zero-order chi connectivity index (χ0) is 19.6. The molecule has 0 radical (unpaired) electrons. The van der Waals surface area contributed by atoms with Crippen molar-refractivity contribution in [1.82, 2.24) is 5.43 Å². The maximum absolute atomic E-state index is 11.8. The molecule has 0 atom stereocenters. The first-order valence-corrected chi connectivity index (χ1v) is 8.23. The highest BCUT2D eigenvalue weighted by molar-refractivity contribution is 6.39. The molecular formula is C19H18ClN3O4. The Morgan fingerprint density at radius 2 is 2.00 bits per heavy atom. The molecule has 0 aliphatic heterocycles. The van der Waals surface area contributed by atoms with Gasteiger partial charge in [-0.25, -0.2) is 5.43 Å². The molecule has 140 valence electrons. The van der Waals surface area contributed by atoms with Crippen molar-refractivity contribution in [2.24, 2.45) is 5.10 Å². The van der Waals surface area contributed by atoms with Crippen molar-refractivity contribution in [3.05, 3.63) is 65.7 Å². The molecule has 0 heterocycles. The number of ether oxygens (including phenoxy) is 2. The van der Waals surface area contributed by atoms with E-state index in [1.54, 1.807) is 42.5 Å². The van der Waals surface area contributed by atoms with Crippen LogP contribution in [0.4, 0.5) is 5.69 Å². The number of rotatable bonds is 7. The van der Waals surface area contributed by atoms with Gasteiger partial charge in [-0.05, 0) is 42.0 Å². The van der Waals surface area contributed by atoms with Gasteiger partial charge in [0.05, 0.1) is 13.3 Å². The smallest absolute Gasteiger partial charge is 0.329 e. The molecule has 0 fully saturated rings. The van der Waals surface area contributed by atoms with Crippen LogP contribution in [0.2, 0.25) is 5.02 Å². The quantitative estimate of drug-likeness (QED) is 0.331. The Bertz CT molecular complexity index is 868. The number of nitrogens with zero attached hydrogens (tertiary/aromatic N) is 1. The summed E-state index contributed by atoms with van der Waals surface area (Å²) in [6, 6.07) is 11.6. The molecule has 0 saturated heterocycles. The minimum absolute atomic E-state index is 0.349. The molecule has 2 amide bonds. The summed E-state index contributed by atoms with van der Waals surface area (Å²) in [6.07, 6.45) is 3.00. The lowest BCUT2D eigenvalue weighted by molar-refractivity contribution is -0.136. The third-order valence-corrected chi connectivity index (χ3v) is 3.45. The number of hydrogen-bond acceptors (Lipinski definition) is 5. The van der Waals surface area contributed by atoms with Crippen LogP contribution in [-0.2, 0) is 9.59 Å². The van der Waals surface area contributed by atoms with Gasteiger partial charge in [-0.15, -0.1) is 0 Å². The average Bonchev–Trinajstić information content (AvgIpc) is 2.66. The fraction of sp³-hybridized carbons (Fsp3) is 0.105. The SMILES string of the molecule is C=CCOc1ccc(C=NNC(=O)C(=O)Nc2cccc(Cl)c2)cc1OC. The Morgan fingerprint density at radius 3 is 2.70 bits per heavy atom. The lowest BCUT2D eigenvalue weighted by Gasteiger charge is -2.09. The number of nitrogens with one attached hydrogen (secondary N) is 2. The summed E-state index contributed by atoms with van der Waals surface area (Å²) in [5, 5.41) is 6.63. The molecule has 2 rings (SSSR count). The third kappa shape index (κ3) is 6.16. The van der Waals surface area contributed by atoms with Gasteiger partial charge in [0.2, 0.25) is 0 Å². The number of hydrazone groups is 1. The highest BCUT2D eigenvalue weighted by Crippen LogP contribution is 2.27. The van der Waals surface area contributed by atoms with Crippen molar-refractivity contribution in [3.8, 4) is 11.5 Å². The Labute approximate surface area is 161 Å². The van der Waals surface area contributed by atoms with Crippen molar-refractivity contribution in [2.45, 2.75) is 0 Å². The average molecular weight is 388 g/mol. The first kappa shape index (κ1) is 20.0. The minimum atomic E-state index is -0.913. The lowest BCUT2D eigenvalue weighted by atomic mass is 10.2. The minimum Gasteiger partial charge on any atom is -0.493 e. The van der Waals surface area contributed by atoms with E-state index in [1.807, 2.05) is 0 Å². The summed E-state index contributed by atoms with van der Waals surface area (Å²) in [4.78, 5) is 23.6. The number of amides is 2. The topological polar surface area (TPSA) is 89.0 Å². The van der Waals surface area contributed by atoms with Crippen LogP contribution in [0.3, 0.4) is 0 Å². The van der Waals surface area contributed by atoms with Gasteiger partial charge in [0.1, 0.15) is 6.61 Å². The number of carbonyl (C=O) groups excluding carboxylic acids is 2. The summed E-state index contributed by atoms with van der Waals surface area (Å²) in [5.41, 5.74) is 3.21. The second kappa shape index (κ2) is 9.98. The summed E-state index contributed by atoms with van der Waals surface area (Å²) in [6.45, 7) is 3.93. The fourth-order valence-electron chi connectivity index (χ4n) is 2.00. The zero-order valence-corrected chi connectivity index (χ0v) is 15.3. The maximum Gasteiger partial charge on any atom is 0.329 e. The van der Waals surface area contributed by atoms with E-state index >= 15 is 0 Å². The first-order valence-electron chi connectivity index (χ1n) is 7.85. The highest BCUT2D eigenvalue weighted by atomic mass is 35.5. The Kier molecular flexibility index (Phi) is 7.39. The molecular weight excluding hydrogens is 370 g/mol. The summed E-state index contributed by atoms with van der Waals surface area (Å²) in [7, 11) is 1.51. The standard InChI is InChI=1S/C19H18ClN3O4/c1-3-9-27-16-8-7-13(10-17(16)26-2)12-21-23-19(25)18(24)22-15-6-4-5-14(20)11-15/h3-8,10-12H,1,9H2,2H3,(H,22,24)(H,23,25). The molecule has 0 spiro atoms. The van der Waals surface area contributed by atoms with Gasteiger partial charge in [0.15, 0.2) is 11.5 Å². The number of halogens is 1. The number of methoxy groups -OCH3 is 1. The molecule has 0 aliphatic carbocycles. The molecule has 2 aromatic rings. The van der Waals surface area contributed by atoms with E-state index in [4.69, 9.17) is 21.1 Å². The Balaban J connectivity index is 1.94. The summed E-state index contributed by atoms with van der Waals surface area (Å²) >= 11 is 5.82. The molecule has 0 bridgehead atoms. The summed E-state index contributed by atoms with van der Waals surface area (Å²) in [5.74, 6) is -0.713. The molecule has 0 aromatic heterocycles. The van der Waals surface area contributed by atoms with Gasteiger partial charge >= 0.3 is 11.8 Å². The Morgan fingerprint density at radius 1 is 1.19 bits per heavy atom. The molecule has 0 unspecified atom stereocenters. The summed E-state index contributed by atoms with van der Waals surface area (Å²) < 4.78 is 10.7. The van der Waals surface area contributed by atoms with E-state index < -0.39 is 11.8 Å². The molecule has 2 N–H and O–H groups in total. The highest BCUT2D eigenvalue weighted by Gasteiger charge is 2.13. The number of benzene rings is 2. The van der Waals surface area contributed by atoms with Crippen molar-refractivity contribution >= 4 is 35.3 Å². The monoisotopic (exact) mass is 387 g/mol. The maximum atomic E-state index is 11.8. The molecule has 7 nitrogen and oxygen atoms in total. The van der Waals surface area contributed by atoms with Crippen LogP contribution in [0.25, 0.3) is 0 Å². The Hall–Kier alpha value is -3.32. The van der Waals surface area contributed by atoms with E-state index in [2.05, 4.69) is 22.4 Å². The van der Waals surface area contributed by atoms with Gasteiger partial charge in [0, 0.05) is 10.7 Å². The zero-order valence-electron chi connectivity index (χ0n) is 14.6. The molecule has 0 aliphatic rings. The van der Waals surface area contributed by atoms with Crippen LogP contribution < -0.4 is 20.2 Å². The normalized spacial score (nSPS) is 10.3. The van der Waals surface area contributed by atoms with E-state index in [-0.39, 0.29) is 0 Å². The van der Waals surface area contributed by atoms with Gasteiger partial charge in [-0.2, -0.15) is 5.10 Å². The van der Waals surface area contributed by atoms with Crippen molar-refractivity contribution in [3.63, 3.8) is 0 Å². The van der Waals surface area contributed by atoms with Crippen LogP contribution in [-0.4, -0.2) is 31.7 Å². The second-order valence-corrected chi connectivity index (χ2v) is 5.61.